The molecule has 0 radical (unpaired) electrons. The second-order valence-corrected chi connectivity index (χ2v) is 2.75. The Labute approximate surface area is 65.5 Å². The van der Waals surface area contributed by atoms with Crippen molar-refractivity contribution in [3.8, 4) is 0 Å². The Morgan fingerprint density at radius 3 is 2.00 bits per heavy atom. The monoisotopic (exact) mass is 161 g/mol. The van der Waals surface area contributed by atoms with E-state index in [1.165, 1.54) is 0 Å². The summed E-state index contributed by atoms with van der Waals surface area (Å²) < 4.78 is 5.26. The van der Waals surface area contributed by atoms with Crippen LogP contribution in [-0.2, 0) is 4.74 Å². The van der Waals surface area contributed by atoms with Gasteiger partial charge in [-0.15, -0.1) is 0 Å². The lowest BCUT2D eigenvalue weighted by Gasteiger charge is -2.12. The fourth-order valence-electron chi connectivity index (χ4n) is 1.27. The number of rotatable bonds is 2. The number of aliphatic hydroxyl groups excluding tert-OH is 1. The Morgan fingerprint density at radius 2 is 1.73 bits per heavy atom. The second-order valence-electron chi connectivity index (χ2n) is 2.75. The van der Waals surface area contributed by atoms with E-state index in [1.807, 2.05) is 0 Å². The van der Waals surface area contributed by atoms with Crippen LogP contribution in [0.5, 0.6) is 0 Å². The molecule has 1 heterocycles. The number of hydrogen-bond donors (Lipinski definition) is 4. The fourth-order valence-corrected chi connectivity index (χ4v) is 1.27. The summed E-state index contributed by atoms with van der Waals surface area (Å²) in [6.07, 6.45) is -1.27. The van der Waals surface area contributed by atoms with Crippen LogP contribution in [0.1, 0.15) is 0 Å². The summed E-state index contributed by atoms with van der Waals surface area (Å²) in [7, 11) is 0. The van der Waals surface area contributed by atoms with E-state index in [0.29, 0.717) is 6.54 Å². The van der Waals surface area contributed by atoms with Crippen molar-refractivity contribution in [2.45, 2.75) is 24.4 Å². The highest BCUT2D eigenvalue weighted by Gasteiger charge is 2.39. The average Bonchev–Trinajstić information content (AvgIpc) is 2.30. The molecule has 7 N–H and O–H groups in total. The highest BCUT2D eigenvalue weighted by Crippen LogP contribution is 2.17. The van der Waals surface area contributed by atoms with Crippen LogP contribution in [0.3, 0.4) is 0 Å². The minimum Gasteiger partial charge on any atom is -0.389 e. The summed E-state index contributed by atoms with van der Waals surface area (Å²) in [4.78, 5) is 0. The molecule has 1 rings (SSSR count). The molecule has 0 amide bonds. The summed E-state index contributed by atoms with van der Waals surface area (Å²) in [6.45, 7) is 0.611. The highest BCUT2D eigenvalue weighted by molar-refractivity contribution is 4.94. The van der Waals surface area contributed by atoms with Crippen molar-refractivity contribution in [3.63, 3.8) is 0 Å². The van der Waals surface area contributed by atoms with Gasteiger partial charge in [0.1, 0.15) is 0 Å². The van der Waals surface area contributed by atoms with Gasteiger partial charge < -0.3 is 27.0 Å². The van der Waals surface area contributed by atoms with E-state index in [2.05, 4.69) is 0 Å². The van der Waals surface area contributed by atoms with Gasteiger partial charge in [-0.1, -0.05) is 0 Å². The van der Waals surface area contributed by atoms with Crippen molar-refractivity contribution in [2.75, 3.05) is 13.1 Å². The summed E-state index contributed by atoms with van der Waals surface area (Å²) in [5.74, 6) is 0. The van der Waals surface area contributed by atoms with Crippen molar-refractivity contribution in [3.05, 3.63) is 0 Å². The molecule has 0 aromatic rings. The van der Waals surface area contributed by atoms with Gasteiger partial charge in [0.05, 0.1) is 24.4 Å². The molecule has 0 unspecified atom stereocenters. The quantitative estimate of drug-likeness (QED) is 0.354. The third-order valence-corrected chi connectivity index (χ3v) is 2.02. The molecule has 1 aliphatic heterocycles. The lowest BCUT2D eigenvalue weighted by atomic mass is 10.1. The molecule has 1 fully saturated rings. The largest absolute Gasteiger partial charge is 0.389 e. The highest BCUT2D eigenvalue weighted by atomic mass is 16.5. The third-order valence-electron chi connectivity index (χ3n) is 2.02. The van der Waals surface area contributed by atoms with Crippen LogP contribution < -0.4 is 17.2 Å². The maximum atomic E-state index is 9.37. The first kappa shape index (κ1) is 8.89. The Hall–Kier alpha value is -0.200. The van der Waals surface area contributed by atoms with E-state index in [-0.39, 0.29) is 18.8 Å². The second kappa shape index (κ2) is 3.46. The van der Waals surface area contributed by atoms with Crippen molar-refractivity contribution in [1.82, 2.24) is 0 Å². The first-order valence-corrected chi connectivity index (χ1v) is 3.70. The van der Waals surface area contributed by atoms with Crippen LogP contribution >= 0.6 is 0 Å². The van der Waals surface area contributed by atoms with Crippen LogP contribution in [0, 0.1) is 0 Å². The molecule has 1 aliphatic rings. The lowest BCUT2D eigenvalue weighted by molar-refractivity contribution is 0.0193. The van der Waals surface area contributed by atoms with E-state index in [0.717, 1.165) is 0 Å². The summed E-state index contributed by atoms with van der Waals surface area (Å²) >= 11 is 0. The predicted octanol–water partition coefficient (Wildman–Crippen LogP) is -2.64. The predicted molar refractivity (Wildman–Crippen MR) is 40.8 cm³/mol. The first-order valence-electron chi connectivity index (χ1n) is 3.70. The van der Waals surface area contributed by atoms with E-state index in [4.69, 9.17) is 21.9 Å². The van der Waals surface area contributed by atoms with Gasteiger partial charge in [-0.05, 0) is 0 Å². The van der Waals surface area contributed by atoms with Gasteiger partial charge in [-0.2, -0.15) is 0 Å². The molecule has 66 valence electrons. The third kappa shape index (κ3) is 1.52. The molecule has 0 aromatic heterocycles. The Kier molecular flexibility index (Phi) is 2.80. The van der Waals surface area contributed by atoms with Gasteiger partial charge in [0.25, 0.3) is 0 Å². The Balaban J connectivity index is 2.53. The van der Waals surface area contributed by atoms with E-state index in [1.54, 1.807) is 0 Å². The topological polar surface area (TPSA) is 108 Å². The SMILES string of the molecule is NC[C@@H]1O[C@@H](CN)[C@@H](O)[C@@H]1N. The molecule has 1 saturated heterocycles. The fraction of sp³-hybridized carbons (Fsp3) is 1.00. The molecule has 0 saturated carbocycles. The lowest BCUT2D eigenvalue weighted by Crippen LogP contribution is -2.44. The van der Waals surface area contributed by atoms with Crippen molar-refractivity contribution < 1.29 is 9.84 Å². The zero-order valence-electron chi connectivity index (χ0n) is 6.31. The van der Waals surface area contributed by atoms with Gasteiger partial charge >= 0.3 is 0 Å². The first-order chi connectivity index (χ1) is 5.20. The molecule has 5 nitrogen and oxygen atoms in total. The van der Waals surface area contributed by atoms with Crippen molar-refractivity contribution in [1.29, 1.82) is 0 Å². The number of nitrogens with two attached hydrogens (primary N) is 3. The van der Waals surface area contributed by atoms with E-state index < -0.39 is 12.1 Å². The molecule has 4 atom stereocenters. The van der Waals surface area contributed by atoms with Crippen molar-refractivity contribution in [2.24, 2.45) is 17.2 Å². The molecule has 5 heteroatoms. The smallest absolute Gasteiger partial charge is 0.0990 e. The molecule has 0 bridgehead atoms. The number of ether oxygens (including phenoxy) is 1. The van der Waals surface area contributed by atoms with Gasteiger partial charge in [-0.3, -0.25) is 0 Å². The summed E-state index contributed by atoms with van der Waals surface area (Å²) in [5.41, 5.74) is 16.3. The minimum absolute atomic E-state index is 0.251. The zero-order valence-corrected chi connectivity index (χ0v) is 6.31. The normalized spacial score (nSPS) is 44.7. The van der Waals surface area contributed by atoms with Crippen molar-refractivity contribution >= 4 is 0 Å². The van der Waals surface area contributed by atoms with Crippen LogP contribution in [0.15, 0.2) is 0 Å². The molecular formula is C6H15N3O2. The molecular weight excluding hydrogens is 146 g/mol. The van der Waals surface area contributed by atoms with E-state index >= 15 is 0 Å². The maximum Gasteiger partial charge on any atom is 0.0990 e. The van der Waals surface area contributed by atoms with Gasteiger partial charge in [-0.25, -0.2) is 0 Å². The van der Waals surface area contributed by atoms with Crippen LogP contribution in [0.4, 0.5) is 0 Å². The summed E-state index contributed by atoms with van der Waals surface area (Å²) in [6, 6.07) is -0.395. The van der Waals surface area contributed by atoms with Crippen LogP contribution in [-0.4, -0.2) is 42.5 Å². The van der Waals surface area contributed by atoms with Gasteiger partial charge in [0, 0.05) is 13.1 Å². The molecule has 0 aliphatic carbocycles. The van der Waals surface area contributed by atoms with E-state index in [9.17, 15) is 5.11 Å². The van der Waals surface area contributed by atoms with Crippen LogP contribution in [0.25, 0.3) is 0 Å². The molecule has 0 aromatic carbocycles. The molecule has 11 heavy (non-hydrogen) atoms. The van der Waals surface area contributed by atoms with Crippen LogP contribution in [0.2, 0.25) is 0 Å². The van der Waals surface area contributed by atoms with Gasteiger partial charge in [0.15, 0.2) is 0 Å². The number of aliphatic hydroxyl groups is 1. The molecule has 0 spiro atoms. The Bertz CT molecular complexity index is 115. The average molecular weight is 161 g/mol. The number of hydrogen-bond acceptors (Lipinski definition) is 5. The standard InChI is InChI=1S/C6H15N3O2/c7-1-3-5(9)6(10)4(2-8)11-3/h3-6,10H,1-2,7-9H2/t3-,4-,5+,6+/m0/s1. The minimum atomic E-state index is -0.673. The summed E-state index contributed by atoms with van der Waals surface area (Å²) in [5, 5.41) is 9.37. The maximum absolute atomic E-state index is 9.37. The zero-order chi connectivity index (χ0) is 8.43. The Morgan fingerprint density at radius 1 is 1.18 bits per heavy atom. The van der Waals surface area contributed by atoms with Gasteiger partial charge in [0.2, 0.25) is 0 Å².